The van der Waals surface area contributed by atoms with Crippen molar-refractivity contribution in [2.45, 2.75) is 26.7 Å². The summed E-state index contributed by atoms with van der Waals surface area (Å²) >= 11 is 0. The molecule has 7 nitrogen and oxygen atoms in total. The molecule has 0 saturated carbocycles. The molecule has 2 aromatic rings. The standard InChI is InChI=1S/C18H29N5O2S.HI/c1-4-26(24,25)23-10-5-9-20-18(19-3)21-11-8-15-13-22-17-12-14(2)6-7-16(15)17;/h6-7,12-13,22-23H,4-5,8-11H2,1-3H3,(H2,19,20,21);1H. The number of nitrogens with zero attached hydrogens (tertiary/aromatic N) is 1. The fourth-order valence-corrected chi connectivity index (χ4v) is 3.33. The van der Waals surface area contributed by atoms with Crippen LogP contribution >= 0.6 is 24.0 Å². The second kappa shape index (κ2) is 11.5. The van der Waals surface area contributed by atoms with Crippen molar-refractivity contribution in [3.63, 3.8) is 0 Å². The van der Waals surface area contributed by atoms with Crippen LogP contribution in [0.3, 0.4) is 0 Å². The van der Waals surface area contributed by atoms with Crippen LogP contribution in [0.2, 0.25) is 0 Å². The summed E-state index contributed by atoms with van der Waals surface area (Å²) in [5.41, 5.74) is 3.68. The minimum atomic E-state index is -3.11. The van der Waals surface area contributed by atoms with E-state index < -0.39 is 10.0 Å². The Morgan fingerprint density at radius 3 is 2.63 bits per heavy atom. The molecule has 1 aromatic carbocycles. The van der Waals surface area contributed by atoms with Gasteiger partial charge in [-0.05, 0) is 43.9 Å². The number of hydrogen-bond donors (Lipinski definition) is 4. The molecule has 0 spiro atoms. The molecule has 0 radical (unpaired) electrons. The highest BCUT2D eigenvalue weighted by molar-refractivity contribution is 14.0. The highest BCUT2D eigenvalue weighted by atomic mass is 127. The molecule has 0 aliphatic rings. The maximum absolute atomic E-state index is 11.3. The van der Waals surface area contributed by atoms with Gasteiger partial charge in [-0.1, -0.05) is 12.1 Å². The van der Waals surface area contributed by atoms with Gasteiger partial charge in [-0.15, -0.1) is 24.0 Å². The Labute approximate surface area is 178 Å². The molecule has 0 fully saturated rings. The lowest BCUT2D eigenvalue weighted by atomic mass is 10.1. The Morgan fingerprint density at radius 1 is 1.19 bits per heavy atom. The van der Waals surface area contributed by atoms with E-state index in [4.69, 9.17) is 0 Å². The first-order valence-corrected chi connectivity index (χ1v) is 10.6. The number of rotatable bonds is 9. The smallest absolute Gasteiger partial charge is 0.211 e. The van der Waals surface area contributed by atoms with Gasteiger partial charge in [0.2, 0.25) is 10.0 Å². The number of nitrogens with one attached hydrogen (secondary N) is 4. The maximum Gasteiger partial charge on any atom is 0.211 e. The number of guanidine groups is 1. The van der Waals surface area contributed by atoms with E-state index in [1.165, 1.54) is 16.5 Å². The average Bonchev–Trinajstić information content (AvgIpc) is 3.01. The molecule has 0 saturated heterocycles. The zero-order valence-corrected chi connectivity index (χ0v) is 19.3. The van der Waals surface area contributed by atoms with Crippen LogP contribution in [0.5, 0.6) is 0 Å². The predicted octanol–water partition coefficient (Wildman–Crippen LogP) is 2.13. The van der Waals surface area contributed by atoms with E-state index in [9.17, 15) is 8.42 Å². The van der Waals surface area contributed by atoms with Crippen molar-refractivity contribution in [2.24, 2.45) is 4.99 Å². The van der Waals surface area contributed by atoms with Gasteiger partial charge in [0, 0.05) is 43.8 Å². The van der Waals surface area contributed by atoms with Gasteiger partial charge in [0.05, 0.1) is 5.75 Å². The largest absolute Gasteiger partial charge is 0.361 e. The number of benzene rings is 1. The second-order valence-electron chi connectivity index (χ2n) is 6.19. The molecule has 27 heavy (non-hydrogen) atoms. The van der Waals surface area contributed by atoms with Crippen LogP contribution in [0.1, 0.15) is 24.5 Å². The Balaban J connectivity index is 0.00000364. The van der Waals surface area contributed by atoms with Gasteiger partial charge < -0.3 is 15.6 Å². The van der Waals surface area contributed by atoms with Gasteiger partial charge in [0.1, 0.15) is 0 Å². The topological polar surface area (TPSA) is 98.4 Å². The number of H-pyrrole nitrogens is 1. The van der Waals surface area contributed by atoms with Crippen LogP contribution in [-0.4, -0.2) is 51.8 Å². The lowest BCUT2D eigenvalue weighted by Gasteiger charge is -2.12. The minimum Gasteiger partial charge on any atom is -0.361 e. The third-order valence-electron chi connectivity index (χ3n) is 4.18. The second-order valence-corrected chi connectivity index (χ2v) is 8.29. The quantitative estimate of drug-likeness (QED) is 0.181. The monoisotopic (exact) mass is 507 g/mol. The highest BCUT2D eigenvalue weighted by Crippen LogP contribution is 2.19. The fraction of sp³-hybridized carbons (Fsp3) is 0.500. The highest BCUT2D eigenvalue weighted by Gasteiger charge is 2.06. The van der Waals surface area contributed by atoms with Crippen molar-refractivity contribution in [1.29, 1.82) is 0 Å². The Morgan fingerprint density at radius 2 is 1.93 bits per heavy atom. The molecule has 1 aromatic heterocycles. The zero-order chi connectivity index (χ0) is 19.0. The number of aliphatic imine (C=N–C) groups is 1. The number of fused-ring (bicyclic) bond motifs is 1. The predicted molar refractivity (Wildman–Crippen MR) is 124 cm³/mol. The molecule has 0 amide bonds. The minimum absolute atomic E-state index is 0. The van der Waals surface area contributed by atoms with E-state index in [0.717, 1.165) is 24.4 Å². The Bertz CT molecular complexity index is 849. The Kier molecular flexibility index (Phi) is 10.1. The molecule has 0 unspecified atom stereocenters. The molecule has 4 N–H and O–H groups in total. The van der Waals surface area contributed by atoms with Crippen molar-refractivity contribution in [3.05, 3.63) is 35.5 Å². The molecular weight excluding hydrogens is 477 g/mol. The van der Waals surface area contributed by atoms with Crippen LogP contribution in [0, 0.1) is 6.92 Å². The summed E-state index contributed by atoms with van der Waals surface area (Å²) in [6.45, 7) is 5.56. The summed E-state index contributed by atoms with van der Waals surface area (Å²) in [5.74, 6) is 0.830. The summed E-state index contributed by atoms with van der Waals surface area (Å²) in [6.07, 6.45) is 3.64. The van der Waals surface area contributed by atoms with Gasteiger partial charge in [0.15, 0.2) is 5.96 Å². The number of aromatic nitrogens is 1. The zero-order valence-electron chi connectivity index (χ0n) is 16.1. The SMILES string of the molecule is CCS(=O)(=O)NCCCNC(=NC)NCCc1c[nH]c2cc(C)ccc12.I. The molecule has 0 aliphatic carbocycles. The van der Waals surface area contributed by atoms with Crippen molar-refractivity contribution >= 4 is 50.9 Å². The van der Waals surface area contributed by atoms with Crippen LogP contribution in [0.25, 0.3) is 10.9 Å². The lowest BCUT2D eigenvalue weighted by Crippen LogP contribution is -2.39. The number of hydrogen-bond acceptors (Lipinski definition) is 3. The fourth-order valence-electron chi connectivity index (χ4n) is 2.67. The summed E-state index contributed by atoms with van der Waals surface area (Å²) in [4.78, 5) is 7.51. The lowest BCUT2D eigenvalue weighted by molar-refractivity contribution is 0.579. The van der Waals surface area contributed by atoms with Crippen LogP contribution < -0.4 is 15.4 Å². The molecule has 152 valence electrons. The number of aryl methyl sites for hydroxylation is 1. The first-order valence-electron chi connectivity index (χ1n) is 8.93. The summed E-state index contributed by atoms with van der Waals surface area (Å²) in [6, 6.07) is 6.43. The van der Waals surface area contributed by atoms with Crippen LogP contribution in [0.15, 0.2) is 29.4 Å². The molecule has 1 heterocycles. The third-order valence-corrected chi connectivity index (χ3v) is 5.59. The number of aromatic amines is 1. The van der Waals surface area contributed by atoms with Crippen LogP contribution in [-0.2, 0) is 16.4 Å². The number of halogens is 1. The maximum atomic E-state index is 11.3. The van der Waals surface area contributed by atoms with E-state index in [1.54, 1.807) is 14.0 Å². The first kappa shape index (κ1) is 23.7. The van der Waals surface area contributed by atoms with Gasteiger partial charge in [-0.3, -0.25) is 4.99 Å². The van der Waals surface area contributed by atoms with Crippen LogP contribution in [0.4, 0.5) is 0 Å². The van der Waals surface area contributed by atoms with Gasteiger partial charge in [0.25, 0.3) is 0 Å². The first-order chi connectivity index (χ1) is 12.4. The molecule has 0 aliphatic heterocycles. The van der Waals surface area contributed by atoms with Crippen molar-refractivity contribution in [2.75, 3.05) is 32.4 Å². The normalized spacial score (nSPS) is 12.0. The van der Waals surface area contributed by atoms with E-state index in [-0.39, 0.29) is 29.7 Å². The van der Waals surface area contributed by atoms with Gasteiger partial charge in [-0.25, -0.2) is 13.1 Å². The van der Waals surface area contributed by atoms with E-state index in [2.05, 4.69) is 56.7 Å². The van der Waals surface area contributed by atoms with Gasteiger partial charge in [-0.2, -0.15) is 0 Å². The van der Waals surface area contributed by atoms with Crippen molar-refractivity contribution < 1.29 is 8.42 Å². The Hall–Kier alpha value is -1.33. The molecule has 0 bridgehead atoms. The summed E-state index contributed by atoms with van der Waals surface area (Å²) < 4.78 is 25.2. The molecular formula is C18H30IN5O2S. The molecule has 9 heteroatoms. The third kappa shape index (κ3) is 7.67. The van der Waals surface area contributed by atoms with Crippen molar-refractivity contribution in [3.8, 4) is 0 Å². The summed E-state index contributed by atoms with van der Waals surface area (Å²) in [7, 11) is -1.39. The molecule has 2 rings (SSSR count). The van der Waals surface area contributed by atoms with Gasteiger partial charge >= 0.3 is 0 Å². The van der Waals surface area contributed by atoms with E-state index >= 15 is 0 Å². The van der Waals surface area contributed by atoms with E-state index in [0.29, 0.717) is 19.5 Å². The molecule has 0 atom stereocenters. The average molecular weight is 507 g/mol. The van der Waals surface area contributed by atoms with Crippen molar-refractivity contribution in [1.82, 2.24) is 20.3 Å². The summed E-state index contributed by atoms with van der Waals surface area (Å²) in [5, 5.41) is 7.74. The number of sulfonamides is 1. The van der Waals surface area contributed by atoms with E-state index in [1.807, 2.05) is 0 Å².